The summed E-state index contributed by atoms with van der Waals surface area (Å²) in [6.45, 7) is 9.34. The average molecular weight is 330 g/mol. The van der Waals surface area contributed by atoms with Crippen LogP contribution in [-0.2, 0) is 11.6 Å². The Morgan fingerprint density at radius 3 is 2.00 bits per heavy atom. The van der Waals surface area contributed by atoms with Gasteiger partial charge in [-0.3, -0.25) is 4.90 Å². The van der Waals surface area contributed by atoms with Crippen molar-refractivity contribution in [1.29, 1.82) is 0 Å². The fourth-order valence-electron chi connectivity index (χ4n) is 2.76. The highest BCUT2D eigenvalue weighted by Crippen LogP contribution is 2.36. The maximum atomic E-state index is 13.2. The van der Waals surface area contributed by atoms with Crippen LogP contribution in [0.2, 0.25) is 0 Å². The summed E-state index contributed by atoms with van der Waals surface area (Å²) >= 11 is 0. The molecule has 0 atom stereocenters. The standard InChI is InChI=1S/C17H25F3N2O/c1-16(2,3)13-10-14(17(18,19)20)12-15(11-13)22-6-4-21(5-7-22)8-9-23/h10-12,23H,4-9H2,1-3H3. The molecule has 6 heteroatoms. The first-order valence-corrected chi connectivity index (χ1v) is 7.92. The number of β-amino-alcohol motifs (C(OH)–C–C–N with tert-alkyl or cyclic N) is 1. The molecular formula is C17H25F3N2O. The average Bonchev–Trinajstić information content (AvgIpc) is 2.46. The smallest absolute Gasteiger partial charge is 0.395 e. The number of alkyl halides is 3. The molecule has 3 nitrogen and oxygen atoms in total. The summed E-state index contributed by atoms with van der Waals surface area (Å²) in [6, 6.07) is 4.37. The van der Waals surface area contributed by atoms with Crippen molar-refractivity contribution < 1.29 is 18.3 Å². The van der Waals surface area contributed by atoms with Gasteiger partial charge in [0.1, 0.15) is 0 Å². The molecule has 1 aliphatic heterocycles. The van der Waals surface area contributed by atoms with Gasteiger partial charge >= 0.3 is 6.18 Å². The van der Waals surface area contributed by atoms with Gasteiger partial charge in [-0.1, -0.05) is 20.8 Å². The Balaban J connectivity index is 2.28. The molecule has 23 heavy (non-hydrogen) atoms. The van der Waals surface area contributed by atoms with Gasteiger partial charge in [-0.25, -0.2) is 0 Å². The number of nitrogens with zero attached hydrogens (tertiary/aromatic N) is 2. The van der Waals surface area contributed by atoms with Crippen LogP contribution in [-0.4, -0.2) is 49.3 Å². The molecule has 0 radical (unpaired) electrons. The molecular weight excluding hydrogens is 305 g/mol. The van der Waals surface area contributed by atoms with Gasteiger partial charge in [-0.2, -0.15) is 13.2 Å². The van der Waals surface area contributed by atoms with Crippen LogP contribution < -0.4 is 4.90 Å². The van der Waals surface area contributed by atoms with Gasteiger partial charge in [0.2, 0.25) is 0 Å². The summed E-state index contributed by atoms with van der Waals surface area (Å²) in [5.74, 6) is 0. The molecule has 0 aromatic heterocycles. The predicted molar refractivity (Wildman–Crippen MR) is 85.9 cm³/mol. The lowest BCUT2D eigenvalue weighted by molar-refractivity contribution is -0.137. The largest absolute Gasteiger partial charge is 0.416 e. The van der Waals surface area contributed by atoms with Crippen molar-refractivity contribution in [2.75, 3.05) is 44.2 Å². The molecule has 1 N–H and O–H groups in total. The third-order valence-electron chi connectivity index (χ3n) is 4.26. The minimum atomic E-state index is -4.34. The molecule has 0 amide bonds. The highest BCUT2D eigenvalue weighted by Gasteiger charge is 2.33. The topological polar surface area (TPSA) is 26.7 Å². The summed E-state index contributed by atoms with van der Waals surface area (Å²) < 4.78 is 39.6. The Kier molecular flexibility index (Phi) is 5.26. The third kappa shape index (κ3) is 4.61. The number of hydrogen-bond donors (Lipinski definition) is 1. The number of benzene rings is 1. The van der Waals surface area contributed by atoms with Gasteiger partial charge in [-0.15, -0.1) is 0 Å². The molecule has 130 valence electrons. The molecule has 1 heterocycles. The van der Waals surface area contributed by atoms with Crippen molar-refractivity contribution in [3.05, 3.63) is 29.3 Å². The third-order valence-corrected chi connectivity index (χ3v) is 4.26. The van der Waals surface area contributed by atoms with Crippen molar-refractivity contribution in [1.82, 2.24) is 4.90 Å². The zero-order valence-corrected chi connectivity index (χ0v) is 14.0. The van der Waals surface area contributed by atoms with Crippen LogP contribution >= 0.6 is 0 Å². The van der Waals surface area contributed by atoms with Crippen molar-refractivity contribution in [3.8, 4) is 0 Å². The second-order valence-electron chi connectivity index (χ2n) is 7.07. The zero-order chi connectivity index (χ0) is 17.3. The fraction of sp³-hybridized carbons (Fsp3) is 0.647. The molecule has 1 fully saturated rings. The van der Waals surface area contributed by atoms with Crippen LogP contribution in [0.5, 0.6) is 0 Å². The lowest BCUT2D eigenvalue weighted by atomic mass is 9.85. The van der Waals surface area contributed by atoms with E-state index in [1.165, 1.54) is 12.1 Å². The normalized spacial score (nSPS) is 17.6. The maximum absolute atomic E-state index is 13.2. The Morgan fingerprint density at radius 1 is 0.957 bits per heavy atom. The molecule has 0 saturated carbocycles. The minimum absolute atomic E-state index is 0.109. The van der Waals surface area contributed by atoms with Gasteiger partial charge in [0, 0.05) is 38.4 Å². The number of aliphatic hydroxyl groups is 1. The Labute approximate surface area is 135 Å². The van der Waals surface area contributed by atoms with E-state index in [-0.39, 0.29) is 12.0 Å². The van der Waals surface area contributed by atoms with E-state index in [1.54, 1.807) is 0 Å². The van der Waals surface area contributed by atoms with Crippen molar-refractivity contribution in [2.24, 2.45) is 0 Å². The van der Waals surface area contributed by atoms with Crippen molar-refractivity contribution in [2.45, 2.75) is 32.4 Å². The minimum Gasteiger partial charge on any atom is -0.395 e. The molecule has 0 spiro atoms. The Morgan fingerprint density at radius 2 is 1.52 bits per heavy atom. The molecule has 1 saturated heterocycles. The van der Waals surface area contributed by atoms with E-state index in [9.17, 15) is 13.2 Å². The zero-order valence-electron chi connectivity index (χ0n) is 14.0. The fourth-order valence-corrected chi connectivity index (χ4v) is 2.76. The molecule has 0 aliphatic carbocycles. The van der Waals surface area contributed by atoms with Crippen LogP contribution in [0.1, 0.15) is 31.9 Å². The van der Waals surface area contributed by atoms with Crippen LogP contribution in [0.3, 0.4) is 0 Å². The number of halogens is 3. The summed E-state index contributed by atoms with van der Waals surface area (Å²) in [5.41, 5.74) is 0.403. The number of aliphatic hydroxyl groups excluding tert-OH is 1. The van der Waals surface area contributed by atoms with Gasteiger partial charge in [0.15, 0.2) is 0 Å². The Hall–Kier alpha value is -1.27. The van der Waals surface area contributed by atoms with Crippen LogP contribution in [0.25, 0.3) is 0 Å². The van der Waals surface area contributed by atoms with E-state index in [0.717, 1.165) is 13.1 Å². The van der Waals surface area contributed by atoms with E-state index in [4.69, 9.17) is 5.11 Å². The van der Waals surface area contributed by atoms with E-state index in [0.29, 0.717) is 30.9 Å². The van der Waals surface area contributed by atoms with E-state index in [1.807, 2.05) is 31.7 Å². The summed E-state index contributed by atoms with van der Waals surface area (Å²) in [7, 11) is 0. The summed E-state index contributed by atoms with van der Waals surface area (Å²) in [6.07, 6.45) is -4.34. The van der Waals surface area contributed by atoms with Crippen LogP contribution in [0, 0.1) is 0 Å². The molecule has 0 bridgehead atoms. The predicted octanol–water partition coefficient (Wildman–Crippen LogP) is 3.12. The van der Waals surface area contributed by atoms with Crippen molar-refractivity contribution in [3.63, 3.8) is 0 Å². The SMILES string of the molecule is CC(C)(C)c1cc(N2CCN(CCO)CC2)cc(C(F)(F)F)c1. The maximum Gasteiger partial charge on any atom is 0.416 e. The number of anilines is 1. The van der Waals surface area contributed by atoms with Crippen LogP contribution in [0.15, 0.2) is 18.2 Å². The first kappa shape index (κ1) is 18.1. The molecule has 0 unspecified atom stereocenters. The lowest BCUT2D eigenvalue weighted by Gasteiger charge is -2.36. The lowest BCUT2D eigenvalue weighted by Crippen LogP contribution is -2.47. The van der Waals surface area contributed by atoms with Gasteiger partial charge in [0.25, 0.3) is 0 Å². The van der Waals surface area contributed by atoms with E-state index >= 15 is 0 Å². The van der Waals surface area contributed by atoms with E-state index in [2.05, 4.69) is 4.90 Å². The summed E-state index contributed by atoms with van der Waals surface area (Å²) in [4.78, 5) is 4.12. The second kappa shape index (κ2) is 6.69. The second-order valence-corrected chi connectivity index (χ2v) is 7.07. The summed E-state index contributed by atoms with van der Waals surface area (Å²) in [5, 5.41) is 8.97. The van der Waals surface area contributed by atoms with Gasteiger partial charge in [-0.05, 0) is 29.2 Å². The molecule has 1 aromatic rings. The van der Waals surface area contributed by atoms with Gasteiger partial charge in [0.05, 0.1) is 12.2 Å². The highest BCUT2D eigenvalue weighted by atomic mass is 19.4. The molecule has 2 rings (SSSR count). The monoisotopic (exact) mass is 330 g/mol. The van der Waals surface area contributed by atoms with E-state index < -0.39 is 11.7 Å². The number of piperazine rings is 1. The molecule has 1 aliphatic rings. The Bertz CT molecular complexity index is 497. The number of hydrogen-bond acceptors (Lipinski definition) is 3. The van der Waals surface area contributed by atoms with Crippen molar-refractivity contribution >= 4 is 5.69 Å². The van der Waals surface area contributed by atoms with Crippen LogP contribution in [0.4, 0.5) is 18.9 Å². The quantitative estimate of drug-likeness (QED) is 0.922. The first-order chi connectivity index (χ1) is 10.6. The molecule has 1 aromatic carbocycles. The first-order valence-electron chi connectivity index (χ1n) is 7.92. The highest BCUT2D eigenvalue weighted by molar-refractivity contribution is 5.53. The number of rotatable bonds is 3. The van der Waals surface area contributed by atoms with Gasteiger partial charge < -0.3 is 10.0 Å².